The summed E-state index contributed by atoms with van der Waals surface area (Å²) in [6, 6.07) is 9.51. The summed E-state index contributed by atoms with van der Waals surface area (Å²) in [6.07, 6.45) is 6.07. The molecular weight excluding hydrogens is 496 g/mol. The van der Waals surface area contributed by atoms with E-state index < -0.39 is 10.0 Å². The molecule has 0 unspecified atom stereocenters. The van der Waals surface area contributed by atoms with Crippen LogP contribution >= 0.6 is 39.3 Å². The molecule has 1 heterocycles. The first-order chi connectivity index (χ1) is 13.8. The van der Waals surface area contributed by atoms with Crippen LogP contribution < -0.4 is 4.72 Å². The lowest BCUT2D eigenvalue weighted by atomic mass is 10.2. The molecule has 156 valence electrons. The molecule has 0 bridgehead atoms. The number of hydrogen-bond donors (Lipinski definition) is 1. The van der Waals surface area contributed by atoms with Crippen LogP contribution in [0.4, 0.5) is 5.69 Å². The van der Waals surface area contributed by atoms with Crippen molar-refractivity contribution in [2.24, 2.45) is 0 Å². The number of hydrogen-bond acceptors (Lipinski definition) is 4. The monoisotopic (exact) mass is 516 g/mol. The van der Waals surface area contributed by atoms with Gasteiger partial charge in [-0.05, 0) is 71.4 Å². The second-order valence-corrected chi connectivity index (χ2v) is 10.6. The van der Waals surface area contributed by atoms with Gasteiger partial charge in [-0.25, -0.2) is 8.42 Å². The van der Waals surface area contributed by atoms with E-state index in [1.165, 1.54) is 30.0 Å². The maximum Gasteiger partial charge on any atom is 0.261 e. The summed E-state index contributed by atoms with van der Waals surface area (Å²) in [6.45, 7) is 1.42. The molecule has 0 atom stereocenters. The molecule has 0 spiro atoms. The first kappa shape index (κ1) is 22.5. The fourth-order valence-corrected chi connectivity index (χ4v) is 5.31. The Morgan fingerprint density at radius 2 is 1.79 bits per heavy atom. The Hall–Kier alpha value is -1.22. The average molecular weight is 518 g/mol. The summed E-state index contributed by atoms with van der Waals surface area (Å²) < 4.78 is 29.0. The fourth-order valence-electron chi connectivity index (χ4n) is 3.24. The van der Waals surface area contributed by atoms with E-state index in [0.29, 0.717) is 33.8 Å². The number of amides is 1. The number of nitrogens with one attached hydrogen (secondary N) is 1. The van der Waals surface area contributed by atoms with Crippen LogP contribution in [0.1, 0.15) is 36.0 Å². The number of benzene rings is 2. The van der Waals surface area contributed by atoms with Gasteiger partial charge in [-0.15, -0.1) is 11.8 Å². The van der Waals surface area contributed by atoms with E-state index in [2.05, 4.69) is 20.7 Å². The van der Waals surface area contributed by atoms with Crippen LogP contribution in [0.5, 0.6) is 0 Å². The minimum atomic E-state index is -3.87. The van der Waals surface area contributed by atoms with Crippen molar-refractivity contribution in [3.8, 4) is 0 Å². The smallest absolute Gasteiger partial charge is 0.261 e. The number of nitrogens with zero attached hydrogens (tertiary/aromatic N) is 1. The highest BCUT2D eigenvalue weighted by atomic mass is 79.9. The fraction of sp³-hybridized carbons (Fsp3) is 0.350. The van der Waals surface area contributed by atoms with Crippen molar-refractivity contribution in [3.63, 3.8) is 0 Å². The largest absolute Gasteiger partial charge is 0.339 e. The summed E-state index contributed by atoms with van der Waals surface area (Å²) in [7, 11) is -3.87. The first-order valence-electron chi connectivity index (χ1n) is 9.27. The minimum Gasteiger partial charge on any atom is -0.339 e. The predicted octanol–water partition coefficient (Wildman–Crippen LogP) is 5.64. The number of carbonyl (C=O) groups excluding carboxylic acids is 1. The second kappa shape index (κ2) is 9.73. The van der Waals surface area contributed by atoms with Gasteiger partial charge in [0.1, 0.15) is 0 Å². The number of carbonyl (C=O) groups is 1. The van der Waals surface area contributed by atoms with E-state index in [9.17, 15) is 13.2 Å². The van der Waals surface area contributed by atoms with Crippen LogP contribution in [0.2, 0.25) is 5.02 Å². The number of likely N-dealkylation sites (tertiary alicyclic amines) is 1. The third-order valence-corrected chi connectivity index (χ3v) is 8.18. The van der Waals surface area contributed by atoms with Crippen molar-refractivity contribution in [1.29, 1.82) is 0 Å². The van der Waals surface area contributed by atoms with Gasteiger partial charge >= 0.3 is 0 Å². The molecule has 0 saturated carbocycles. The Morgan fingerprint density at radius 3 is 2.41 bits per heavy atom. The molecule has 0 aromatic heterocycles. The Labute approximate surface area is 189 Å². The molecule has 1 N–H and O–H groups in total. The van der Waals surface area contributed by atoms with Crippen LogP contribution in [-0.4, -0.2) is 38.6 Å². The number of thioether (sulfide) groups is 1. The summed E-state index contributed by atoms with van der Waals surface area (Å²) in [5.74, 6) is -0.111. The van der Waals surface area contributed by atoms with Crippen LogP contribution in [0.25, 0.3) is 0 Å². The first-order valence-corrected chi connectivity index (χ1v) is 13.1. The van der Waals surface area contributed by atoms with Crippen molar-refractivity contribution in [1.82, 2.24) is 4.90 Å². The van der Waals surface area contributed by atoms with E-state index in [0.717, 1.165) is 30.6 Å². The topological polar surface area (TPSA) is 66.5 Å². The summed E-state index contributed by atoms with van der Waals surface area (Å²) >= 11 is 10.8. The summed E-state index contributed by atoms with van der Waals surface area (Å²) in [4.78, 5) is 15.8. The zero-order chi connectivity index (χ0) is 21.0. The molecular formula is C20H22BrClN2O3S2. The molecule has 0 radical (unpaired) electrons. The predicted molar refractivity (Wildman–Crippen MR) is 123 cm³/mol. The Morgan fingerprint density at radius 1 is 1.10 bits per heavy atom. The molecule has 1 fully saturated rings. The normalized spacial score (nSPS) is 15.1. The number of halogens is 2. The molecule has 1 aliphatic heterocycles. The van der Waals surface area contributed by atoms with Gasteiger partial charge in [-0.3, -0.25) is 9.52 Å². The van der Waals surface area contributed by atoms with Crippen LogP contribution in [0.15, 0.2) is 50.7 Å². The van der Waals surface area contributed by atoms with Gasteiger partial charge < -0.3 is 4.90 Å². The van der Waals surface area contributed by atoms with E-state index in [-0.39, 0.29) is 10.8 Å². The van der Waals surface area contributed by atoms with Gasteiger partial charge in [0, 0.05) is 22.5 Å². The highest BCUT2D eigenvalue weighted by Crippen LogP contribution is 2.29. The van der Waals surface area contributed by atoms with Crippen molar-refractivity contribution < 1.29 is 13.2 Å². The highest BCUT2D eigenvalue weighted by Gasteiger charge is 2.23. The maximum atomic E-state index is 13.1. The second-order valence-electron chi connectivity index (χ2n) is 6.80. The number of rotatable bonds is 5. The molecule has 1 saturated heterocycles. The summed E-state index contributed by atoms with van der Waals surface area (Å²) in [5, 5.41) is 0.403. The standard InChI is InChI=1S/C20H22BrClN2O3S2/c1-28-19-9-7-15(13-16(19)20(25)24-10-4-2-3-5-11-24)29(26,27)23-14-6-8-17(21)18(22)12-14/h6-9,12-13,23H,2-5,10-11H2,1H3. The molecule has 1 amide bonds. The van der Waals surface area contributed by atoms with E-state index in [1.807, 2.05) is 11.2 Å². The molecule has 3 rings (SSSR count). The van der Waals surface area contributed by atoms with Crippen LogP contribution in [0.3, 0.4) is 0 Å². The van der Waals surface area contributed by atoms with Gasteiger partial charge in [0.05, 0.1) is 21.2 Å². The van der Waals surface area contributed by atoms with E-state index >= 15 is 0 Å². The zero-order valence-corrected chi connectivity index (χ0v) is 19.9. The quantitative estimate of drug-likeness (QED) is 0.521. The van der Waals surface area contributed by atoms with Gasteiger partial charge in [0.25, 0.3) is 15.9 Å². The lowest BCUT2D eigenvalue weighted by molar-refractivity contribution is 0.0758. The minimum absolute atomic E-state index is 0.0486. The molecule has 2 aromatic carbocycles. The molecule has 0 aliphatic carbocycles. The molecule has 9 heteroatoms. The van der Waals surface area contributed by atoms with Crippen LogP contribution in [0, 0.1) is 0 Å². The molecule has 5 nitrogen and oxygen atoms in total. The Bertz CT molecular complexity index is 1010. The third-order valence-electron chi connectivity index (χ3n) is 4.78. The molecule has 29 heavy (non-hydrogen) atoms. The van der Waals surface area contributed by atoms with Crippen molar-refractivity contribution in [2.75, 3.05) is 24.1 Å². The average Bonchev–Trinajstić information content (AvgIpc) is 2.99. The Kier molecular flexibility index (Phi) is 7.53. The van der Waals surface area contributed by atoms with E-state index in [4.69, 9.17) is 11.6 Å². The zero-order valence-electron chi connectivity index (χ0n) is 16.0. The van der Waals surface area contributed by atoms with Gasteiger partial charge in [0.15, 0.2) is 0 Å². The van der Waals surface area contributed by atoms with Crippen molar-refractivity contribution >= 4 is 60.9 Å². The van der Waals surface area contributed by atoms with Crippen molar-refractivity contribution in [2.45, 2.75) is 35.5 Å². The maximum absolute atomic E-state index is 13.1. The lowest BCUT2D eigenvalue weighted by Crippen LogP contribution is -2.32. The van der Waals surface area contributed by atoms with Crippen molar-refractivity contribution in [3.05, 3.63) is 51.5 Å². The van der Waals surface area contributed by atoms with Gasteiger partial charge in [0.2, 0.25) is 0 Å². The molecule has 1 aliphatic rings. The van der Waals surface area contributed by atoms with Crippen LogP contribution in [-0.2, 0) is 10.0 Å². The summed E-state index contributed by atoms with van der Waals surface area (Å²) in [5.41, 5.74) is 0.781. The third kappa shape index (κ3) is 5.48. The van der Waals surface area contributed by atoms with Gasteiger partial charge in [-0.2, -0.15) is 0 Å². The van der Waals surface area contributed by atoms with E-state index in [1.54, 1.807) is 18.2 Å². The number of sulfonamides is 1. The lowest BCUT2D eigenvalue weighted by Gasteiger charge is -2.22. The van der Waals surface area contributed by atoms with Gasteiger partial charge in [-0.1, -0.05) is 24.4 Å². The number of anilines is 1. The highest BCUT2D eigenvalue weighted by molar-refractivity contribution is 9.10. The SMILES string of the molecule is CSc1ccc(S(=O)(=O)Nc2ccc(Br)c(Cl)c2)cc1C(=O)N1CCCCCC1. The Balaban J connectivity index is 1.92. The molecule has 2 aromatic rings.